The van der Waals surface area contributed by atoms with Crippen LogP contribution < -0.4 is 10.2 Å². The number of nitrogens with zero attached hydrogens (tertiary/aromatic N) is 3. The van der Waals surface area contributed by atoms with Crippen molar-refractivity contribution < 1.29 is 9.53 Å². The number of rotatable bonds is 5. The molecule has 0 aromatic heterocycles. The number of carbonyl (C=O) groups excluding carboxylic acids is 1. The first-order valence-corrected chi connectivity index (χ1v) is 9.25. The van der Waals surface area contributed by atoms with E-state index in [1.807, 2.05) is 0 Å². The standard InChI is InChI=1S/C20H32N4O2.HI/c1-7-21-20(24-12-15(3)17(13-24)19(25)26-6)22-11-16-9-8-14(2)10-18(16)23(4)5;/h8-10,15,17H,7,11-13H2,1-6H3,(H,21,22);1H. The van der Waals surface area contributed by atoms with Gasteiger partial charge in [-0.25, -0.2) is 4.99 Å². The van der Waals surface area contributed by atoms with Gasteiger partial charge in [-0.05, 0) is 37.0 Å². The Morgan fingerprint density at radius 1 is 1.37 bits per heavy atom. The lowest BCUT2D eigenvalue weighted by molar-refractivity contribution is -0.145. The van der Waals surface area contributed by atoms with E-state index in [1.165, 1.54) is 23.9 Å². The fraction of sp³-hybridized carbons (Fsp3) is 0.600. The first-order chi connectivity index (χ1) is 12.4. The number of anilines is 1. The average molecular weight is 488 g/mol. The van der Waals surface area contributed by atoms with Crippen molar-refractivity contribution in [2.75, 3.05) is 45.7 Å². The molecule has 6 nitrogen and oxygen atoms in total. The summed E-state index contributed by atoms with van der Waals surface area (Å²) in [7, 11) is 5.56. The van der Waals surface area contributed by atoms with E-state index < -0.39 is 0 Å². The highest BCUT2D eigenvalue weighted by molar-refractivity contribution is 14.0. The van der Waals surface area contributed by atoms with Gasteiger partial charge in [-0.3, -0.25) is 4.79 Å². The molecule has 152 valence electrons. The van der Waals surface area contributed by atoms with E-state index in [1.54, 1.807) is 0 Å². The number of aryl methyl sites for hydroxylation is 1. The van der Waals surface area contributed by atoms with Crippen LogP contribution in [0.15, 0.2) is 23.2 Å². The lowest BCUT2D eigenvalue weighted by Crippen LogP contribution is -2.40. The molecule has 1 fully saturated rings. The van der Waals surface area contributed by atoms with Gasteiger partial charge in [0, 0.05) is 39.4 Å². The number of aliphatic imine (C=N–C) groups is 1. The second-order valence-electron chi connectivity index (χ2n) is 7.21. The summed E-state index contributed by atoms with van der Waals surface area (Å²) in [6.45, 7) is 9.10. The molecule has 1 N–H and O–H groups in total. The van der Waals surface area contributed by atoms with Crippen LogP contribution >= 0.6 is 24.0 Å². The molecular formula is C20H33IN4O2. The smallest absolute Gasteiger partial charge is 0.310 e. The maximum Gasteiger partial charge on any atom is 0.310 e. The van der Waals surface area contributed by atoms with Gasteiger partial charge in [0.25, 0.3) is 0 Å². The fourth-order valence-corrected chi connectivity index (χ4v) is 3.41. The minimum Gasteiger partial charge on any atom is -0.469 e. The molecular weight excluding hydrogens is 455 g/mol. The second kappa shape index (κ2) is 10.7. The number of likely N-dealkylation sites (tertiary alicyclic amines) is 1. The monoisotopic (exact) mass is 488 g/mol. The maximum atomic E-state index is 12.0. The summed E-state index contributed by atoms with van der Waals surface area (Å²) in [6, 6.07) is 6.45. The van der Waals surface area contributed by atoms with Crippen molar-refractivity contribution in [3.63, 3.8) is 0 Å². The number of benzene rings is 1. The van der Waals surface area contributed by atoms with Crippen molar-refractivity contribution >= 4 is 41.6 Å². The van der Waals surface area contributed by atoms with E-state index in [4.69, 9.17) is 9.73 Å². The van der Waals surface area contributed by atoms with E-state index >= 15 is 0 Å². The summed E-state index contributed by atoms with van der Waals surface area (Å²) in [5.74, 6) is 0.879. The molecule has 1 heterocycles. The first kappa shape index (κ1) is 23.5. The molecule has 1 saturated heterocycles. The minimum atomic E-state index is -0.135. The van der Waals surface area contributed by atoms with Gasteiger partial charge >= 0.3 is 5.97 Å². The van der Waals surface area contributed by atoms with Gasteiger partial charge in [-0.2, -0.15) is 0 Å². The van der Waals surface area contributed by atoms with Gasteiger partial charge in [-0.1, -0.05) is 19.1 Å². The number of hydrogen-bond donors (Lipinski definition) is 1. The molecule has 1 aromatic carbocycles. The quantitative estimate of drug-likeness (QED) is 0.299. The Labute approximate surface area is 180 Å². The molecule has 1 aliphatic rings. The van der Waals surface area contributed by atoms with Crippen LogP contribution in [0.25, 0.3) is 0 Å². The van der Waals surface area contributed by atoms with Crippen LogP contribution in [0.5, 0.6) is 0 Å². The fourth-order valence-electron chi connectivity index (χ4n) is 3.41. The van der Waals surface area contributed by atoms with Crippen LogP contribution in [0.3, 0.4) is 0 Å². The van der Waals surface area contributed by atoms with Crippen LogP contribution in [-0.2, 0) is 16.1 Å². The number of halogens is 1. The van der Waals surface area contributed by atoms with Crippen molar-refractivity contribution in [1.29, 1.82) is 0 Å². The van der Waals surface area contributed by atoms with Crippen molar-refractivity contribution in [2.45, 2.75) is 27.3 Å². The van der Waals surface area contributed by atoms with E-state index in [2.05, 4.69) is 68.2 Å². The third-order valence-corrected chi connectivity index (χ3v) is 4.87. The Morgan fingerprint density at radius 2 is 2.07 bits per heavy atom. The van der Waals surface area contributed by atoms with E-state index in [0.717, 1.165) is 19.0 Å². The predicted molar refractivity (Wildman–Crippen MR) is 122 cm³/mol. The zero-order valence-electron chi connectivity index (χ0n) is 17.3. The molecule has 0 saturated carbocycles. The molecule has 7 heteroatoms. The van der Waals surface area contributed by atoms with Crippen LogP contribution in [0, 0.1) is 18.8 Å². The Kier molecular flexibility index (Phi) is 9.35. The number of methoxy groups -OCH3 is 1. The Morgan fingerprint density at radius 3 is 2.67 bits per heavy atom. The van der Waals surface area contributed by atoms with Crippen LogP contribution in [0.2, 0.25) is 0 Å². The summed E-state index contributed by atoms with van der Waals surface area (Å²) in [4.78, 5) is 21.1. The SMILES string of the molecule is CCNC(=NCc1ccc(C)cc1N(C)C)N1CC(C)C(C(=O)OC)C1.I. The molecule has 0 amide bonds. The van der Waals surface area contributed by atoms with Crippen LogP contribution in [0.1, 0.15) is 25.0 Å². The van der Waals surface area contributed by atoms with Crippen molar-refractivity contribution in [1.82, 2.24) is 10.2 Å². The topological polar surface area (TPSA) is 57.2 Å². The Bertz CT molecular complexity index is 663. The van der Waals surface area contributed by atoms with E-state index in [0.29, 0.717) is 13.1 Å². The number of nitrogens with one attached hydrogen (secondary N) is 1. The lowest BCUT2D eigenvalue weighted by Gasteiger charge is -2.22. The summed E-state index contributed by atoms with van der Waals surface area (Å²) in [5.41, 5.74) is 3.61. The molecule has 27 heavy (non-hydrogen) atoms. The highest BCUT2D eigenvalue weighted by Gasteiger charge is 2.36. The number of hydrogen-bond acceptors (Lipinski definition) is 4. The summed E-state index contributed by atoms with van der Waals surface area (Å²) < 4.78 is 4.94. The zero-order chi connectivity index (χ0) is 19.3. The molecule has 1 aromatic rings. The summed E-state index contributed by atoms with van der Waals surface area (Å²) in [6.07, 6.45) is 0. The maximum absolute atomic E-state index is 12.0. The number of guanidine groups is 1. The largest absolute Gasteiger partial charge is 0.469 e. The van der Waals surface area contributed by atoms with Gasteiger partial charge in [0.2, 0.25) is 0 Å². The molecule has 0 aliphatic carbocycles. The summed E-state index contributed by atoms with van der Waals surface area (Å²) in [5, 5.41) is 3.36. The third kappa shape index (κ3) is 5.99. The highest BCUT2D eigenvalue weighted by Crippen LogP contribution is 2.25. The second-order valence-corrected chi connectivity index (χ2v) is 7.21. The molecule has 0 bridgehead atoms. The van der Waals surface area contributed by atoms with Gasteiger partial charge in [0.15, 0.2) is 5.96 Å². The molecule has 1 aliphatic heterocycles. The Hall–Kier alpha value is -1.51. The molecule has 2 unspecified atom stereocenters. The van der Waals surface area contributed by atoms with Crippen molar-refractivity contribution in [2.24, 2.45) is 16.8 Å². The molecule has 0 radical (unpaired) electrons. The normalized spacial score (nSPS) is 19.5. The molecule has 2 rings (SSSR count). The number of ether oxygens (including phenoxy) is 1. The minimum absolute atomic E-state index is 0. The number of carbonyl (C=O) groups is 1. The van der Waals surface area contributed by atoms with Crippen LogP contribution in [0.4, 0.5) is 5.69 Å². The predicted octanol–water partition coefficient (Wildman–Crippen LogP) is 2.89. The zero-order valence-corrected chi connectivity index (χ0v) is 19.6. The lowest BCUT2D eigenvalue weighted by atomic mass is 9.99. The van der Waals surface area contributed by atoms with Crippen LogP contribution in [-0.4, -0.2) is 57.7 Å². The first-order valence-electron chi connectivity index (χ1n) is 9.25. The van der Waals surface area contributed by atoms with E-state index in [-0.39, 0.29) is 41.8 Å². The summed E-state index contributed by atoms with van der Waals surface area (Å²) >= 11 is 0. The van der Waals surface area contributed by atoms with Gasteiger partial charge in [0.1, 0.15) is 0 Å². The van der Waals surface area contributed by atoms with Gasteiger partial charge in [-0.15, -0.1) is 24.0 Å². The van der Waals surface area contributed by atoms with Crippen molar-refractivity contribution in [3.8, 4) is 0 Å². The third-order valence-electron chi connectivity index (χ3n) is 4.87. The molecule has 2 atom stereocenters. The van der Waals surface area contributed by atoms with E-state index in [9.17, 15) is 4.79 Å². The number of esters is 1. The van der Waals surface area contributed by atoms with Gasteiger partial charge in [0.05, 0.1) is 19.6 Å². The Balaban J connectivity index is 0.00000364. The van der Waals surface area contributed by atoms with Gasteiger partial charge < -0.3 is 19.9 Å². The van der Waals surface area contributed by atoms with Crippen molar-refractivity contribution in [3.05, 3.63) is 29.3 Å². The highest BCUT2D eigenvalue weighted by atomic mass is 127. The molecule has 0 spiro atoms. The average Bonchev–Trinajstić information content (AvgIpc) is 3.00.